The summed E-state index contributed by atoms with van der Waals surface area (Å²) in [6.45, 7) is 5.83. The molecule has 0 radical (unpaired) electrons. The van der Waals surface area contributed by atoms with Crippen molar-refractivity contribution in [1.82, 2.24) is 0 Å². The van der Waals surface area contributed by atoms with Gasteiger partial charge in [0.15, 0.2) is 0 Å². The molecule has 1 heterocycles. The molecule has 2 aromatic carbocycles. The molecule has 0 saturated heterocycles. The van der Waals surface area contributed by atoms with Gasteiger partial charge in [-0.15, -0.1) is 0 Å². The zero-order chi connectivity index (χ0) is 19.0. The largest absolute Gasteiger partial charge is 0.490 e. The maximum Gasteiger partial charge on any atom is 0.338 e. The van der Waals surface area contributed by atoms with Gasteiger partial charge in [0.05, 0.1) is 24.5 Å². The first kappa shape index (κ1) is 18.2. The van der Waals surface area contributed by atoms with Crippen molar-refractivity contribution in [2.45, 2.75) is 32.1 Å². The van der Waals surface area contributed by atoms with Gasteiger partial charge in [0, 0.05) is 17.0 Å². The Bertz CT molecular complexity index is 880. The van der Waals surface area contributed by atoms with Crippen molar-refractivity contribution < 1.29 is 14.3 Å². The van der Waals surface area contributed by atoms with E-state index in [1.54, 1.807) is 6.07 Å². The maximum absolute atomic E-state index is 12.3. The minimum absolute atomic E-state index is 0.0722. The Morgan fingerprint density at radius 3 is 2.96 bits per heavy atom. The van der Waals surface area contributed by atoms with E-state index < -0.39 is 0 Å². The predicted molar refractivity (Wildman–Crippen MR) is 107 cm³/mol. The van der Waals surface area contributed by atoms with E-state index in [1.165, 1.54) is 11.1 Å². The lowest BCUT2D eigenvalue weighted by molar-refractivity contribution is 0.0459. The third-order valence-electron chi connectivity index (χ3n) is 5.40. The SMILES string of the molecule is CC(C)COC(=O)c1ccc2c(c1)NC[C@]1(CCc3cc(Cl)ccc31)CO2. The van der Waals surface area contributed by atoms with Crippen LogP contribution < -0.4 is 10.1 Å². The highest BCUT2D eigenvalue weighted by atomic mass is 35.5. The van der Waals surface area contributed by atoms with Crippen molar-refractivity contribution in [1.29, 1.82) is 0 Å². The standard InChI is InChI=1S/C22H24ClNO3/c1-14(2)11-26-21(25)16-3-6-20-19(10-16)24-12-22(13-27-20)8-7-15-9-17(23)4-5-18(15)22/h3-6,9-10,14,24H,7-8,11-13H2,1-2H3/t22-/m1/s1. The summed E-state index contributed by atoms with van der Waals surface area (Å²) in [4.78, 5) is 12.3. The fourth-order valence-electron chi connectivity index (χ4n) is 3.91. The smallest absolute Gasteiger partial charge is 0.338 e. The van der Waals surface area contributed by atoms with Gasteiger partial charge < -0.3 is 14.8 Å². The van der Waals surface area contributed by atoms with E-state index in [0.29, 0.717) is 24.7 Å². The van der Waals surface area contributed by atoms with Crippen LogP contribution in [0.15, 0.2) is 36.4 Å². The van der Waals surface area contributed by atoms with Crippen LogP contribution in [0.2, 0.25) is 5.02 Å². The van der Waals surface area contributed by atoms with Gasteiger partial charge in [-0.2, -0.15) is 0 Å². The highest BCUT2D eigenvalue weighted by Crippen LogP contribution is 2.43. The summed E-state index contributed by atoms with van der Waals surface area (Å²) in [6, 6.07) is 11.6. The van der Waals surface area contributed by atoms with Crippen LogP contribution in [-0.4, -0.2) is 25.7 Å². The summed E-state index contributed by atoms with van der Waals surface area (Å²) < 4.78 is 11.5. The van der Waals surface area contributed by atoms with Crippen LogP contribution in [0.1, 0.15) is 41.8 Å². The number of benzene rings is 2. The summed E-state index contributed by atoms with van der Waals surface area (Å²) in [5.74, 6) is 0.787. The van der Waals surface area contributed by atoms with Gasteiger partial charge in [-0.05, 0) is 60.2 Å². The van der Waals surface area contributed by atoms with E-state index in [-0.39, 0.29) is 11.4 Å². The van der Waals surface area contributed by atoms with Gasteiger partial charge in [0.1, 0.15) is 5.75 Å². The molecule has 1 aliphatic heterocycles. The molecule has 0 aromatic heterocycles. The molecule has 27 heavy (non-hydrogen) atoms. The van der Waals surface area contributed by atoms with Crippen LogP contribution in [0, 0.1) is 5.92 Å². The minimum atomic E-state index is -0.298. The Balaban J connectivity index is 1.55. The van der Waals surface area contributed by atoms with Gasteiger partial charge in [-0.3, -0.25) is 0 Å². The Morgan fingerprint density at radius 2 is 2.15 bits per heavy atom. The molecule has 0 unspecified atom stereocenters. The molecule has 1 N–H and O–H groups in total. The zero-order valence-electron chi connectivity index (χ0n) is 15.7. The van der Waals surface area contributed by atoms with E-state index in [4.69, 9.17) is 21.1 Å². The molecule has 0 saturated carbocycles. The third-order valence-corrected chi connectivity index (χ3v) is 5.63. The number of carbonyl (C=O) groups excluding carboxylic acids is 1. The second-order valence-electron chi connectivity index (χ2n) is 7.93. The monoisotopic (exact) mass is 385 g/mol. The summed E-state index contributed by atoms with van der Waals surface area (Å²) in [7, 11) is 0. The van der Waals surface area contributed by atoms with Crippen molar-refractivity contribution in [3.05, 3.63) is 58.1 Å². The number of halogens is 1. The molecular weight excluding hydrogens is 362 g/mol. The number of rotatable bonds is 3. The van der Waals surface area contributed by atoms with Crippen molar-refractivity contribution in [2.24, 2.45) is 5.92 Å². The molecular formula is C22H24ClNO3. The molecule has 1 atom stereocenters. The lowest BCUT2D eigenvalue weighted by Gasteiger charge is -2.28. The first-order valence-electron chi connectivity index (χ1n) is 9.44. The summed E-state index contributed by atoms with van der Waals surface area (Å²) in [6.07, 6.45) is 2.02. The average Bonchev–Trinajstić information content (AvgIpc) is 2.89. The van der Waals surface area contributed by atoms with Crippen LogP contribution in [0.3, 0.4) is 0 Å². The average molecular weight is 386 g/mol. The number of aryl methyl sites for hydroxylation is 1. The molecule has 0 fully saturated rings. The van der Waals surface area contributed by atoms with Gasteiger partial charge in [0.2, 0.25) is 0 Å². The van der Waals surface area contributed by atoms with Crippen LogP contribution in [0.4, 0.5) is 5.69 Å². The Hall–Kier alpha value is -2.20. The quantitative estimate of drug-likeness (QED) is 0.768. The minimum Gasteiger partial charge on any atom is -0.490 e. The van der Waals surface area contributed by atoms with Crippen LogP contribution >= 0.6 is 11.6 Å². The van der Waals surface area contributed by atoms with E-state index in [1.807, 2.05) is 32.0 Å². The molecule has 4 rings (SSSR count). The molecule has 1 spiro atoms. The number of esters is 1. The second-order valence-corrected chi connectivity index (χ2v) is 8.36. The first-order valence-corrected chi connectivity index (χ1v) is 9.81. The van der Waals surface area contributed by atoms with Crippen molar-refractivity contribution in [2.75, 3.05) is 25.1 Å². The molecule has 1 aliphatic carbocycles. The lowest BCUT2D eigenvalue weighted by Crippen LogP contribution is -2.36. The number of carbonyl (C=O) groups is 1. The zero-order valence-corrected chi connectivity index (χ0v) is 16.4. The first-order chi connectivity index (χ1) is 13.0. The normalized spacial score (nSPS) is 20.4. The van der Waals surface area contributed by atoms with E-state index in [9.17, 15) is 4.79 Å². The Kier molecular flexibility index (Phi) is 4.77. The Labute approximate surface area is 164 Å². The Morgan fingerprint density at radius 1 is 1.30 bits per heavy atom. The van der Waals surface area contributed by atoms with Crippen molar-refractivity contribution in [3.8, 4) is 5.75 Å². The number of ether oxygens (including phenoxy) is 2. The number of hydrogen-bond acceptors (Lipinski definition) is 4. The van der Waals surface area contributed by atoms with E-state index in [2.05, 4.69) is 17.4 Å². The third kappa shape index (κ3) is 3.51. The summed E-state index contributed by atoms with van der Waals surface area (Å²) >= 11 is 6.16. The summed E-state index contributed by atoms with van der Waals surface area (Å²) in [5, 5.41) is 4.29. The van der Waals surface area contributed by atoms with Gasteiger partial charge in [-0.1, -0.05) is 31.5 Å². The maximum atomic E-state index is 12.3. The van der Waals surface area contributed by atoms with Crippen molar-refractivity contribution in [3.63, 3.8) is 0 Å². The fraction of sp³-hybridized carbons (Fsp3) is 0.409. The van der Waals surface area contributed by atoms with Gasteiger partial charge in [0.25, 0.3) is 0 Å². The van der Waals surface area contributed by atoms with Crippen LogP contribution in [-0.2, 0) is 16.6 Å². The molecule has 0 bridgehead atoms. The molecule has 5 heteroatoms. The van der Waals surface area contributed by atoms with Crippen LogP contribution in [0.25, 0.3) is 0 Å². The highest BCUT2D eigenvalue weighted by molar-refractivity contribution is 6.30. The number of hydrogen-bond donors (Lipinski definition) is 1. The molecule has 4 nitrogen and oxygen atoms in total. The van der Waals surface area contributed by atoms with Gasteiger partial charge >= 0.3 is 5.97 Å². The lowest BCUT2D eigenvalue weighted by atomic mass is 9.82. The highest BCUT2D eigenvalue weighted by Gasteiger charge is 2.41. The molecule has 142 valence electrons. The molecule has 2 aromatic rings. The van der Waals surface area contributed by atoms with E-state index >= 15 is 0 Å². The predicted octanol–water partition coefficient (Wildman–Crippen LogP) is 4.84. The topological polar surface area (TPSA) is 47.6 Å². The summed E-state index contributed by atoms with van der Waals surface area (Å²) in [5.41, 5.74) is 3.92. The number of fused-ring (bicyclic) bond motifs is 3. The van der Waals surface area contributed by atoms with Crippen molar-refractivity contribution >= 4 is 23.3 Å². The fourth-order valence-corrected chi connectivity index (χ4v) is 4.10. The number of nitrogens with one attached hydrogen (secondary N) is 1. The van der Waals surface area contributed by atoms with Gasteiger partial charge in [-0.25, -0.2) is 4.79 Å². The van der Waals surface area contributed by atoms with E-state index in [0.717, 1.165) is 35.8 Å². The molecule has 0 amide bonds. The van der Waals surface area contributed by atoms with Crippen LogP contribution in [0.5, 0.6) is 5.75 Å². The number of anilines is 1. The second kappa shape index (κ2) is 7.08. The molecule has 2 aliphatic rings.